The summed E-state index contributed by atoms with van der Waals surface area (Å²) in [6, 6.07) is 5.80. The monoisotopic (exact) mass is 427 g/mol. The Morgan fingerprint density at radius 3 is 3.04 bits per heavy atom. The van der Waals surface area contributed by atoms with Crippen LogP contribution in [0.25, 0.3) is 11.1 Å². The quantitative estimate of drug-likeness (QED) is 0.604. The summed E-state index contributed by atoms with van der Waals surface area (Å²) >= 11 is 11.5. The number of nitrogens with two attached hydrogens (primary N) is 1. The summed E-state index contributed by atoms with van der Waals surface area (Å²) in [6.07, 6.45) is 0. The van der Waals surface area contributed by atoms with E-state index in [-0.39, 0.29) is 12.0 Å². The Hall–Kier alpha value is -1.12. The van der Waals surface area contributed by atoms with Crippen molar-refractivity contribution in [3.8, 4) is 0 Å². The summed E-state index contributed by atoms with van der Waals surface area (Å²) in [5, 5.41) is 5.85. The van der Waals surface area contributed by atoms with Gasteiger partial charge < -0.3 is 20.2 Å². The molecule has 4 rings (SSSR count). The van der Waals surface area contributed by atoms with Crippen molar-refractivity contribution < 1.29 is 9.15 Å². The van der Waals surface area contributed by atoms with Crippen molar-refractivity contribution in [2.24, 2.45) is 5.73 Å². The molecular weight excluding hydrogens is 414 g/mol. The number of thiophene rings is 1. The molecule has 8 heteroatoms. The number of nitrogens with one attached hydrogen (secondary N) is 1. The van der Waals surface area contributed by atoms with E-state index in [1.165, 1.54) is 4.88 Å². The SMILES string of the molecule is N[C@H]1COC[C@H]1c1oc2c(NCc3cccs3)cc(Cl)nc2c1Br. The lowest BCUT2D eigenvalue weighted by atomic mass is 10.0. The van der Waals surface area contributed by atoms with Crippen molar-refractivity contribution in [2.45, 2.75) is 18.5 Å². The number of furan rings is 1. The Labute approximate surface area is 156 Å². The summed E-state index contributed by atoms with van der Waals surface area (Å²) in [5.74, 6) is 0.779. The molecule has 0 bridgehead atoms. The first kappa shape index (κ1) is 16.4. The predicted molar refractivity (Wildman–Crippen MR) is 99.9 cm³/mol. The highest BCUT2D eigenvalue weighted by molar-refractivity contribution is 9.10. The van der Waals surface area contributed by atoms with E-state index < -0.39 is 0 Å². The zero-order valence-electron chi connectivity index (χ0n) is 12.6. The Kier molecular flexibility index (Phi) is 4.53. The average molecular weight is 429 g/mol. The van der Waals surface area contributed by atoms with E-state index in [1.807, 2.05) is 6.07 Å². The van der Waals surface area contributed by atoms with Gasteiger partial charge in [0.05, 0.1) is 29.3 Å². The van der Waals surface area contributed by atoms with Gasteiger partial charge in [-0.1, -0.05) is 17.7 Å². The minimum atomic E-state index is -0.0835. The minimum Gasteiger partial charge on any atom is -0.455 e. The lowest BCUT2D eigenvalue weighted by Gasteiger charge is -2.10. The van der Waals surface area contributed by atoms with Crippen molar-refractivity contribution in [1.82, 2.24) is 4.98 Å². The first-order valence-electron chi connectivity index (χ1n) is 7.51. The molecule has 0 amide bonds. The molecule has 1 aliphatic rings. The molecule has 24 heavy (non-hydrogen) atoms. The fourth-order valence-electron chi connectivity index (χ4n) is 2.83. The number of anilines is 1. The third-order valence-electron chi connectivity index (χ3n) is 4.07. The van der Waals surface area contributed by atoms with Gasteiger partial charge in [-0.25, -0.2) is 4.98 Å². The van der Waals surface area contributed by atoms with Gasteiger partial charge in [0, 0.05) is 23.5 Å². The number of fused-ring (bicyclic) bond motifs is 1. The number of pyridine rings is 1. The molecule has 0 saturated carbocycles. The highest BCUT2D eigenvalue weighted by Crippen LogP contribution is 2.40. The number of nitrogens with zero attached hydrogens (tertiary/aromatic N) is 1. The van der Waals surface area contributed by atoms with Gasteiger partial charge >= 0.3 is 0 Å². The topological polar surface area (TPSA) is 73.3 Å². The van der Waals surface area contributed by atoms with Crippen LogP contribution < -0.4 is 11.1 Å². The maximum absolute atomic E-state index is 6.19. The van der Waals surface area contributed by atoms with Crippen LogP contribution in [0.1, 0.15) is 16.6 Å². The molecule has 0 unspecified atom stereocenters. The van der Waals surface area contributed by atoms with E-state index in [0.717, 1.165) is 15.9 Å². The number of rotatable bonds is 4. The molecular formula is C16H15BrClN3O2S. The largest absolute Gasteiger partial charge is 0.455 e. The van der Waals surface area contributed by atoms with Crippen LogP contribution in [0.2, 0.25) is 5.15 Å². The molecule has 1 fully saturated rings. The highest BCUT2D eigenvalue weighted by atomic mass is 79.9. The van der Waals surface area contributed by atoms with Crippen molar-refractivity contribution in [1.29, 1.82) is 0 Å². The van der Waals surface area contributed by atoms with Gasteiger partial charge in [0.2, 0.25) is 0 Å². The maximum Gasteiger partial charge on any atom is 0.177 e. The van der Waals surface area contributed by atoms with Crippen LogP contribution in [0, 0.1) is 0 Å². The van der Waals surface area contributed by atoms with Crippen molar-refractivity contribution >= 4 is 55.7 Å². The summed E-state index contributed by atoms with van der Waals surface area (Å²) in [7, 11) is 0. The van der Waals surface area contributed by atoms with E-state index in [9.17, 15) is 0 Å². The lowest BCUT2D eigenvalue weighted by molar-refractivity contribution is 0.189. The molecule has 3 aromatic rings. The van der Waals surface area contributed by atoms with E-state index in [2.05, 4.69) is 37.7 Å². The zero-order chi connectivity index (χ0) is 16.7. The van der Waals surface area contributed by atoms with Gasteiger partial charge in [-0.05, 0) is 27.4 Å². The van der Waals surface area contributed by atoms with E-state index in [1.54, 1.807) is 17.4 Å². The van der Waals surface area contributed by atoms with Crippen LogP contribution in [0.5, 0.6) is 0 Å². The second-order valence-electron chi connectivity index (χ2n) is 5.69. The predicted octanol–water partition coefficient (Wildman–Crippen LogP) is 4.36. The Morgan fingerprint density at radius 2 is 2.33 bits per heavy atom. The molecule has 5 nitrogen and oxygen atoms in total. The molecule has 4 heterocycles. The van der Waals surface area contributed by atoms with Crippen LogP contribution in [-0.4, -0.2) is 24.2 Å². The van der Waals surface area contributed by atoms with Gasteiger partial charge in [-0.3, -0.25) is 0 Å². The third kappa shape index (κ3) is 2.95. The third-order valence-corrected chi connectivity index (χ3v) is 5.91. The summed E-state index contributed by atoms with van der Waals surface area (Å²) in [4.78, 5) is 5.63. The lowest BCUT2D eigenvalue weighted by Crippen LogP contribution is -2.26. The smallest absolute Gasteiger partial charge is 0.177 e. The maximum atomic E-state index is 6.19. The molecule has 0 aliphatic carbocycles. The molecule has 0 aromatic carbocycles. The molecule has 126 valence electrons. The summed E-state index contributed by atoms with van der Waals surface area (Å²) in [6.45, 7) is 1.78. The number of halogens is 2. The number of ether oxygens (including phenoxy) is 1. The van der Waals surface area contributed by atoms with Crippen LogP contribution in [0.4, 0.5) is 5.69 Å². The van der Waals surface area contributed by atoms with Crippen LogP contribution in [-0.2, 0) is 11.3 Å². The van der Waals surface area contributed by atoms with Crippen molar-refractivity contribution in [2.75, 3.05) is 18.5 Å². The Bertz CT molecular complexity index is 868. The summed E-state index contributed by atoms with van der Waals surface area (Å²) < 4.78 is 12.4. The molecule has 3 aromatic heterocycles. The molecule has 1 aliphatic heterocycles. The highest BCUT2D eigenvalue weighted by Gasteiger charge is 2.33. The molecule has 2 atom stereocenters. The van der Waals surface area contributed by atoms with Gasteiger partial charge in [-0.15, -0.1) is 11.3 Å². The van der Waals surface area contributed by atoms with E-state index in [0.29, 0.717) is 36.0 Å². The van der Waals surface area contributed by atoms with E-state index in [4.69, 9.17) is 26.5 Å². The second-order valence-corrected chi connectivity index (χ2v) is 7.90. The van der Waals surface area contributed by atoms with Gasteiger partial charge in [0.25, 0.3) is 0 Å². The average Bonchev–Trinajstić information content (AvgIpc) is 3.27. The molecule has 1 saturated heterocycles. The van der Waals surface area contributed by atoms with Gasteiger partial charge in [0.1, 0.15) is 16.4 Å². The fraction of sp³-hybridized carbons (Fsp3) is 0.312. The van der Waals surface area contributed by atoms with Crippen LogP contribution >= 0.6 is 38.9 Å². The van der Waals surface area contributed by atoms with Crippen molar-refractivity contribution in [3.05, 3.63) is 43.8 Å². The van der Waals surface area contributed by atoms with Crippen LogP contribution in [0.3, 0.4) is 0 Å². The van der Waals surface area contributed by atoms with Gasteiger partial charge in [0.15, 0.2) is 5.58 Å². The van der Waals surface area contributed by atoms with E-state index >= 15 is 0 Å². The standard InChI is InChI=1S/C16H15BrClN3O2S/c17-13-14-16(23-15(13)9-6-22-7-10(9)19)11(4-12(18)21-14)20-5-8-2-1-3-24-8/h1-4,9-10H,5-7,19H2,(H,20,21)/t9-,10+/m1/s1. The zero-order valence-corrected chi connectivity index (χ0v) is 15.7. The molecule has 0 radical (unpaired) electrons. The van der Waals surface area contributed by atoms with Crippen molar-refractivity contribution in [3.63, 3.8) is 0 Å². The first-order valence-corrected chi connectivity index (χ1v) is 9.56. The van der Waals surface area contributed by atoms with Crippen LogP contribution in [0.15, 0.2) is 32.5 Å². The number of aromatic nitrogens is 1. The summed E-state index contributed by atoms with van der Waals surface area (Å²) in [5.41, 5.74) is 8.32. The Balaban J connectivity index is 1.73. The Morgan fingerprint density at radius 1 is 1.46 bits per heavy atom. The fourth-order valence-corrected chi connectivity index (χ4v) is 4.31. The number of hydrogen-bond donors (Lipinski definition) is 2. The normalized spacial score (nSPS) is 20.8. The number of hydrogen-bond acceptors (Lipinski definition) is 6. The minimum absolute atomic E-state index is 0.0116. The second kappa shape index (κ2) is 6.65. The van der Waals surface area contributed by atoms with Gasteiger partial charge in [-0.2, -0.15) is 0 Å². The molecule has 3 N–H and O–H groups in total. The first-order chi connectivity index (χ1) is 11.6. The molecule has 0 spiro atoms.